The molecule has 0 amide bonds. The first-order chi connectivity index (χ1) is 8.24. The van der Waals surface area contributed by atoms with Crippen molar-refractivity contribution < 1.29 is 0 Å². The normalized spacial score (nSPS) is 19.1. The van der Waals surface area contributed by atoms with Gasteiger partial charge < -0.3 is 5.32 Å². The first kappa shape index (κ1) is 11.3. The summed E-state index contributed by atoms with van der Waals surface area (Å²) in [6.07, 6.45) is 1.12. The standard InChI is InChI=1S/C14H14ClNS/c1-9-6-10-7-13(17-14(10)8-16-9)11-4-2-3-5-12(11)15/h2-5,7,9,16H,6,8H2,1H3. The molecule has 88 valence electrons. The molecule has 3 heteroatoms. The fourth-order valence-corrected chi connectivity index (χ4v) is 3.73. The van der Waals surface area contributed by atoms with Crippen LogP contribution in [0.4, 0.5) is 0 Å². The first-order valence-corrected chi connectivity index (χ1v) is 7.03. The number of benzene rings is 1. The molecule has 0 spiro atoms. The summed E-state index contributed by atoms with van der Waals surface area (Å²) in [4.78, 5) is 2.74. The molecule has 1 unspecified atom stereocenters. The molecular weight excluding hydrogens is 250 g/mol. The van der Waals surface area contributed by atoms with Gasteiger partial charge in [-0.15, -0.1) is 11.3 Å². The van der Waals surface area contributed by atoms with Gasteiger partial charge in [-0.3, -0.25) is 0 Å². The Bertz CT molecular complexity index is 547. The Morgan fingerprint density at radius 3 is 3.00 bits per heavy atom. The van der Waals surface area contributed by atoms with Crippen LogP contribution in [-0.2, 0) is 13.0 Å². The highest BCUT2D eigenvalue weighted by atomic mass is 35.5. The maximum Gasteiger partial charge on any atom is 0.0492 e. The maximum atomic E-state index is 6.24. The van der Waals surface area contributed by atoms with E-state index in [9.17, 15) is 0 Å². The van der Waals surface area contributed by atoms with Crippen LogP contribution in [0.15, 0.2) is 30.3 Å². The van der Waals surface area contributed by atoms with Crippen LogP contribution in [0.3, 0.4) is 0 Å². The summed E-state index contributed by atoms with van der Waals surface area (Å²) in [5.41, 5.74) is 2.64. The third kappa shape index (κ3) is 2.13. The molecule has 0 radical (unpaired) electrons. The highest BCUT2D eigenvalue weighted by Crippen LogP contribution is 2.37. The molecule has 1 aliphatic rings. The SMILES string of the molecule is CC1Cc2cc(-c3ccccc3Cl)sc2CN1. The lowest BCUT2D eigenvalue weighted by Crippen LogP contribution is -2.31. The third-order valence-corrected chi connectivity index (χ3v) is 4.71. The Kier molecular flexibility index (Phi) is 2.95. The number of fused-ring (bicyclic) bond motifs is 1. The summed E-state index contributed by atoms with van der Waals surface area (Å²) in [5.74, 6) is 0. The quantitative estimate of drug-likeness (QED) is 0.817. The van der Waals surface area contributed by atoms with Crippen LogP contribution in [0.5, 0.6) is 0 Å². The number of nitrogens with one attached hydrogen (secondary N) is 1. The van der Waals surface area contributed by atoms with E-state index in [-0.39, 0.29) is 0 Å². The molecule has 0 saturated heterocycles. The minimum Gasteiger partial charge on any atom is -0.309 e. The molecular formula is C14H14ClNS. The van der Waals surface area contributed by atoms with E-state index in [2.05, 4.69) is 24.4 Å². The summed E-state index contributed by atoms with van der Waals surface area (Å²) >= 11 is 8.10. The fourth-order valence-electron chi connectivity index (χ4n) is 2.25. The second-order valence-corrected chi connectivity index (χ2v) is 6.07. The summed E-state index contributed by atoms with van der Waals surface area (Å²) < 4.78 is 0. The molecule has 0 aliphatic carbocycles. The predicted octanol–water partition coefficient (Wildman–Crippen LogP) is 4.10. The zero-order valence-corrected chi connectivity index (χ0v) is 11.2. The predicted molar refractivity (Wildman–Crippen MR) is 74.8 cm³/mol. The summed E-state index contributed by atoms with van der Waals surface area (Å²) in [6.45, 7) is 3.22. The Morgan fingerprint density at radius 2 is 2.18 bits per heavy atom. The Morgan fingerprint density at radius 1 is 1.35 bits per heavy atom. The van der Waals surface area contributed by atoms with E-state index >= 15 is 0 Å². The summed E-state index contributed by atoms with van der Waals surface area (Å²) in [7, 11) is 0. The number of rotatable bonds is 1. The smallest absolute Gasteiger partial charge is 0.0492 e. The van der Waals surface area contributed by atoms with E-state index in [0.717, 1.165) is 23.6 Å². The molecule has 1 aliphatic heterocycles. The molecule has 1 N–H and O–H groups in total. The van der Waals surface area contributed by atoms with Crippen LogP contribution in [0, 0.1) is 0 Å². The van der Waals surface area contributed by atoms with Crippen molar-refractivity contribution in [1.29, 1.82) is 0 Å². The van der Waals surface area contributed by atoms with Crippen molar-refractivity contribution in [3.05, 3.63) is 45.8 Å². The lowest BCUT2D eigenvalue weighted by atomic mass is 10.0. The maximum absolute atomic E-state index is 6.24. The first-order valence-electron chi connectivity index (χ1n) is 5.84. The zero-order valence-electron chi connectivity index (χ0n) is 9.66. The highest BCUT2D eigenvalue weighted by Gasteiger charge is 2.18. The van der Waals surface area contributed by atoms with Crippen molar-refractivity contribution in [3.63, 3.8) is 0 Å². The lowest BCUT2D eigenvalue weighted by Gasteiger charge is -2.19. The monoisotopic (exact) mass is 263 g/mol. The molecule has 2 heterocycles. The minimum atomic E-state index is 0.580. The number of halogens is 1. The van der Waals surface area contributed by atoms with Gasteiger partial charge in [0, 0.05) is 32.9 Å². The van der Waals surface area contributed by atoms with E-state index in [4.69, 9.17) is 11.6 Å². The van der Waals surface area contributed by atoms with Gasteiger partial charge in [0.1, 0.15) is 0 Å². The van der Waals surface area contributed by atoms with Crippen molar-refractivity contribution in [2.24, 2.45) is 0 Å². The highest BCUT2D eigenvalue weighted by molar-refractivity contribution is 7.15. The van der Waals surface area contributed by atoms with E-state index in [1.807, 2.05) is 29.5 Å². The minimum absolute atomic E-state index is 0.580. The second-order valence-electron chi connectivity index (χ2n) is 4.52. The van der Waals surface area contributed by atoms with Gasteiger partial charge in [-0.05, 0) is 31.0 Å². The van der Waals surface area contributed by atoms with E-state index in [0.29, 0.717) is 6.04 Å². The van der Waals surface area contributed by atoms with Crippen molar-refractivity contribution in [1.82, 2.24) is 5.32 Å². The van der Waals surface area contributed by atoms with E-state index in [1.54, 1.807) is 0 Å². The zero-order chi connectivity index (χ0) is 11.8. The van der Waals surface area contributed by atoms with Crippen LogP contribution < -0.4 is 5.32 Å². The van der Waals surface area contributed by atoms with Crippen LogP contribution in [0.1, 0.15) is 17.4 Å². The van der Waals surface area contributed by atoms with Crippen molar-refractivity contribution in [2.45, 2.75) is 25.9 Å². The molecule has 17 heavy (non-hydrogen) atoms. The third-order valence-electron chi connectivity index (χ3n) is 3.17. The van der Waals surface area contributed by atoms with Crippen molar-refractivity contribution in [2.75, 3.05) is 0 Å². The van der Waals surface area contributed by atoms with Gasteiger partial charge in [-0.2, -0.15) is 0 Å². The van der Waals surface area contributed by atoms with Gasteiger partial charge in [0.2, 0.25) is 0 Å². The van der Waals surface area contributed by atoms with Crippen LogP contribution in [0.2, 0.25) is 5.02 Å². The van der Waals surface area contributed by atoms with E-state index < -0.39 is 0 Å². The van der Waals surface area contributed by atoms with Crippen LogP contribution >= 0.6 is 22.9 Å². The fraction of sp³-hybridized carbons (Fsp3) is 0.286. The molecule has 1 atom stereocenters. The summed E-state index contributed by atoms with van der Waals surface area (Å²) in [5, 5.41) is 4.33. The van der Waals surface area contributed by atoms with Gasteiger partial charge in [0.25, 0.3) is 0 Å². The van der Waals surface area contributed by atoms with Crippen molar-refractivity contribution in [3.8, 4) is 10.4 Å². The lowest BCUT2D eigenvalue weighted by molar-refractivity contribution is 0.520. The van der Waals surface area contributed by atoms with Crippen LogP contribution in [-0.4, -0.2) is 6.04 Å². The number of thiophene rings is 1. The van der Waals surface area contributed by atoms with Gasteiger partial charge in [0.05, 0.1) is 0 Å². The Balaban J connectivity index is 2.03. The molecule has 2 aromatic rings. The summed E-state index contributed by atoms with van der Waals surface area (Å²) in [6, 6.07) is 11.0. The second kappa shape index (κ2) is 4.45. The van der Waals surface area contributed by atoms with Gasteiger partial charge in [-0.1, -0.05) is 29.8 Å². The van der Waals surface area contributed by atoms with E-state index in [1.165, 1.54) is 15.3 Å². The molecule has 0 bridgehead atoms. The Labute approximate surface area is 110 Å². The molecule has 1 nitrogen and oxygen atoms in total. The average molecular weight is 264 g/mol. The average Bonchev–Trinajstić information content (AvgIpc) is 2.72. The molecule has 3 rings (SSSR count). The molecule has 0 fully saturated rings. The number of hydrogen-bond acceptors (Lipinski definition) is 2. The van der Waals surface area contributed by atoms with Gasteiger partial charge >= 0.3 is 0 Å². The molecule has 1 aromatic heterocycles. The Hall–Kier alpha value is -0.830. The molecule has 0 saturated carbocycles. The van der Waals surface area contributed by atoms with Gasteiger partial charge in [0.15, 0.2) is 0 Å². The number of hydrogen-bond donors (Lipinski definition) is 1. The molecule has 1 aromatic carbocycles. The topological polar surface area (TPSA) is 12.0 Å². The largest absolute Gasteiger partial charge is 0.309 e. The van der Waals surface area contributed by atoms with Gasteiger partial charge in [-0.25, -0.2) is 0 Å². The van der Waals surface area contributed by atoms with Crippen LogP contribution in [0.25, 0.3) is 10.4 Å². The van der Waals surface area contributed by atoms with Crippen molar-refractivity contribution >= 4 is 22.9 Å².